The summed E-state index contributed by atoms with van der Waals surface area (Å²) in [5.74, 6) is 0.476. The van der Waals surface area contributed by atoms with Gasteiger partial charge in [-0.25, -0.2) is 0 Å². The quantitative estimate of drug-likeness (QED) is 0.454. The first-order chi connectivity index (χ1) is 15.6. The predicted molar refractivity (Wildman–Crippen MR) is 125 cm³/mol. The first kappa shape index (κ1) is 20.3. The lowest BCUT2D eigenvalue weighted by Gasteiger charge is -2.25. The molecule has 2 amide bonds. The van der Waals surface area contributed by atoms with E-state index < -0.39 is 4.75 Å². The van der Waals surface area contributed by atoms with E-state index in [-0.39, 0.29) is 11.1 Å². The second kappa shape index (κ2) is 8.51. The summed E-state index contributed by atoms with van der Waals surface area (Å²) in [6.45, 7) is 1.14. The molecule has 1 aromatic heterocycles. The van der Waals surface area contributed by atoms with Crippen LogP contribution in [0.25, 0.3) is 10.9 Å². The fourth-order valence-electron chi connectivity index (χ4n) is 3.98. The Hall–Kier alpha value is -3.58. The second-order valence-electron chi connectivity index (χ2n) is 7.63. The zero-order valence-corrected chi connectivity index (χ0v) is 18.0. The fourth-order valence-corrected chi connectivity index (χ4v) is 5.08. The summed E-state index contributed by atoms with van der Waals surface area (Å²) < 4.78 is 6.88. The maximum Gasteiger partial charge on any atom is 0.287 e. The minimum atomic E-state index is -0.956. The summed E-state index contributed by atoms with van der Waals surface area (Å²) in [5, 5.41) is 7.65. The number of aromatic nitrogens is 2. The number of nitrogens with one attached hydrogen (secondary N) is 1. The van der Waals surface area contributed by atoms with Crippen LogP contribution in [-0.4, -0.2) is 27.5 Å². The van der Waals surface area contributed by atoms with Gasteiger partial charge in [0.05, 0.1) is 18.3 Å². The standard InChI is InChI=1S/C25H21N3O3S/c29-23-25(32-24(30)27-23,20-7-2-1-3-8-20)16-18-10-12-21(13-11-18)31-15-14-28-22-9-5-4-6-19(22)17-26-28/h1-13,17H,14-16H2,(H,27,29,30). The summed E-state index contributed by atoms with van der Waals surface area (Å²) in [4.78, 5) is 24.7. The predicted octanol–water partition coefficient (Wildman–Crippen LogP) is 4.54. The van der Waals surface area contributed by atoms with Crippen molar-refractivity contribution in [2.45, 2.75) is 17.7 Å². The van der Waals surface area contributed by atoms with Gasteiger partial charge < -0.3 is 4.74 Å². The van der Waals surface area contributed by atoms with Gasteiger partial charge in [0.25, 0.3) is 5.24 Å². The number of benzene rings is 3. The highest BCUT2D eigenvalue weighted by Gasteiger charge is 2.49. The maximum absolute atomic E-state index is 12.7. The van der Waals surface area contributed by atoms with Crippen LogP contribution in [0.2, 0.25) is 0 Å². The van der Waals surface area contributed by atoms with Gasteiger partial charge >= 0.3 is 0 Å². The zero-order chi connectivity index (χ0) is 22.0. The van der Waals surface area contributed by atoms with Crippen molar-refractivity contribution in [2.24, 2.45) is 0 Å². The van der Waals surface area contributed by atoms with Crippen molar-refractivity contribution in [2.75, 3.05) is 6.61 Å². The van der Waals surface area contributed by atoms with Crippen LogP contribution in [0, 0.1) is 0 Å². The minimum absolute atomic E-state index is 0.273. The smallest absolute Gasteiger partial charge is 0.287 e. The van der Waals surface area contributed by atoms with Crippen molar-refractivity contribution in [3.8, 4) is 5.75 Å². The average Bonchev–Trinajstić information content (AvgIpc) is 3.36. The molecule has 7 heteroatoms. The number of fused-ring (bicyclic) bond motifs is 1. The van der Waals surface area contributed by atoms with Crippen LogP contribution in [0.3, 0.4) is 0 Å². The Balaban J connectivity index is 1.27. The average molecular weight is 444 g/mol. The number of carbonyl (C=O) groups is 2. The number of ether oxygens (including phenoxy) is 1. The molecule has 0 aliphatic carbocycles. The molecule has 4 aromatic rings. The maximum atomic E-state index is 12.7. The van der Waals surface area contributed by atoms with Crippen LogP contribution in [0.1, 0.15) is 11.1 Å². The summed E-state index contributed by atoms with van der Waals surface area (Å²) in [7, 11) is 0. The summed E-state index contributed by atoms with van der Waals surface area (Å²) in [6, 6.07) is 25.2. The van der Waals surface area contributed by atoms with Crippen LogP contribution in [0.5, 0.6) is 5.75 Å². The molecular weight excluding hydrogens is 422 g/mol. The van der Waals surface area contributed by atoms with Crippen molar-refractivity contribution in [1.29, 1.82) is 0 Å². The molecule has 1 saturated heterocycles. The number of hydrogen-bond donors (Lipinski definition) is 1. The van der Waals surface area contributed by atoms with E-state index in [1.165, 1.54) is 0 Å². The Labute approximate surface area is 189 Å². The third-order valence-corrected chi connectivity index (χ3v) is 6.79. The van der Waals surface area contributed by atoms with E-state index in [1.54, 1.807) is 0 Å². The molecule has 160 valence electrons. The molecule has 1 aliphatic rings. The molecule has 0 radical (unpaired) electrons. The van der Waals surface area contributed by atoms with Crippen LogP contribution in [-0.2, 0) is 22.5 Å². The monoisotopic (exact) mass is 443 g/mol. The van der Waals surface area contributed by atoms with Gasteiger partial charge in [0.2, 0.25) is 5.91 Å². The van der Waals surface area contributed by atoms with Gasteiger partial charge in [0.1, 0.15) is 17.1 Å². The molecule has 0 saturated carbocycles. The summed E-state index contributed by atoms with van der Waals surface area (Å²) in [6.07, 6.45) is 2.27. The van der Waals surface area contributed by atoms with E-state index in [0.29, 0.717) is 19.6 Å². The summed E-state index contributed by atoms with van der Waals surface area (Å²) >= 11 is 1.05. The lowest BCUT2D eigenvalue weighted by molar-refractivity contribution is -0.121. The molecule has 6 nitrogen and oxygen atoms in total. The van der Waals surface area contributed by atoms with Gasteiger partial charge in [0.15, 0.2) is 0 Å². The molecule has 3 aromatic carbocycles. The largest absolute Gasteiger partial charge is 0.492 e. The highest BCUT2D eigenvalue weighted by Crippen LogP contribution is 2.44. The van der Waals surface area contributed by atoms with Crippen LogP contribution in [0.4, 0.5) is 4.79 Å². The number of nitrogens with zero attached hydrogens (tertiary/aromatic N) is 2. The van der Waals surface area contributed by atoms with Crippen molar-refractivity contribution in [3.05, 3.63) is 96.2 Å². The number of para-hydroxylation sites is 1. The van der Waals surface area contributed by atoms with Crippen molar-refractivity contribution < 1.29 is 14.3 Å². The van der Waals surface area contributed by atoms with E-state index in [4.69, 9.17) is 4.74 Å². The molecule has 1 N–H and O–H groups in total. The Morgan fingerprint density at radius 1 is 0.938 bits per heavy atom. The number of imide groups is 1. The minimum Gasteiger partial charge on any atom is -0.492 e. The van der Waals surface area contributed by atoms with Crippen LogP contribution >= 0.6 is 11.8 Å². The Morgan fingerprint density at radius 3 is 2.44 bits per heavy atom. The third-order valence-electron chi connectivity index (χ3n) is 5.59. The Kier molecular flexibility index (Phi) is 5.41. The molecule has 1 atom stereocenters. The third kappa shape index (κ3) is 3.87. The van der Waals surface area contributed by atoms with Crippen molar-refractivity contribution in [1.82, 2.24) is 15.1 Å². The lowest BCUT2D eigenvalue weighted by Crippen LogP contribution is -2.36. The molecule has 1 fully saturated rings. The second-order valence-corrected chi connectivity index (χ2v) is 8.90. The van der Waals surface area contributed by atoms with Gasteiger partial charge in [0, 0.05) is 11.8 Å². The molecule has 1 unspecified atom stereocenters. The van der Waals surface area contributed by atoms with Gasteiger partial charge in [-0.15, -0.1) is 0 Å². The van der Waals surface area contributed by atoms with Gasteiger partial charge in [-0.1, -0.05) is 60.7 Å². The number of thioether (sulfide) groups is 1. The number of carbonyl (C=O) groups excluding carboxylic acids is 2. The molecule has 0 spiro atoms. The van der Waals surface area contributed by atoms with Crippen LogP contribution < -0.4 is 10.1 Å². The molecule has 1 aliphatic heterocycles. The Morgan fingerprint density at radius 2 is 1.69 bits per heavy atom. The van der Waals surface area contributed by atoms with Crippen molar-refractivity contribution >= 4 is 33.8 Å². The van der Waals surface area contributed by atoms with Gasteiger partial charge in [-0.2, -0.15) is 5.10 Å². The molecule has 5 rings (SSSR count). The number of amides is 2. The van der Waals surface area contributed by atoms with Crippen molar-refractivity contribution in [3.63, 3.8) is 0 Å². The molecular formula is C25H21N3O3S. The van der Waals surface area contributed by atoms with E-state index in [0.717, 1.165) is 39.5 Å². The Bertz CT molecular complexity index is 1270. The molecule has 32 heavy (non-hydrogen) atoms. The van der Waals surface area contributed by atoms with Gasteiger partial charge in [-0.3, -0.25) is 19.6 Å². The first-order valence-electron chi connectivity index (χ1n) is 10.4. The van der Waals surface area contributed by atoms with Gasteiger partial charge in [-0.05, 0) is 41.1 Å². The zero-order valence-electron chi connectivity index (χ0n) is 17.2. The normalized spacial score (nSPS) is 18.1. The van der Waals surface area contributed by atoms with E-state index >= 15 is 0 Å². The number of hydrogen-bond acceptors (Lipinski definition) is 5. The highest BCUT2D eigenvalue weighted by molar-refractivity contribution is 8.15. The van der Waals surface area contributed by atoms with E-state index in [2.05, 4.69) is 10.4 Å². The topological polar surface area (TPSA) is 73.2 Å². The van der Waals surface area contributed by atoms with E-state index in [1.807, 2.05) is 89.7 Å². The number of rotatable bonds is 7. The van der Waals surface area contributed by atoms with Crippen LogP contribution in [0.15, 0.2) is 85.1 Å². The fraction of sp³-hybridized carbons (Fsp3) is 0.160. The first-order valence-corrected chi connectivity index (χ1v) is 11.2. The van der Waals surface area contributed by atoms with E-state index in [9.17, 15) is 9.59 Å². The molecule has 0 bridgehead atoms. The summed E-state index contributed by atoms with van der Waals surface area (Å²) in [5.41, 5.74) is 2.86. The lowest BCUT2D eigenvalue weighted by atomic mass is 9.90. The molecule has 2 heterocycles. The SMILES string of the molecule is O=C1NC(=O)C(Cc2ccc(OCCn3ncc4ccccc43)cc2)(c2ccccc2)S1. The highest BCUT2D eigenvalue weighted by atomic mass is 32.2.